The standard InChI is InChI=1S/C37H26ClN3O3/c38-29-18-7-8-19-30(29)41-35(43)33-32-25-14-3-5-16-27(25)37(34(33)36(41)44,28-17-6-4-15-26(28)32)21-39-40-31(42)20-23-12-9-11-22-10-1-2-13-24(22)23/h1-19,21,32-34H,20H2,(H,40,42)/b39-21-/t32?,33-,34-,37?/m1/s1. The van der Waals surface area contributed by atoms with Gasteiger partial charge in [0.2, 0.25) is 17.7 Å². The molecule has 0 radical (unpaired) electrons. The summed E-state index contributed by atoms with van der Waals surface area (Å²) in [5.41, 5.74) is 6.74. The van der Waals surface area contributed by atoms with Crippen LogP contribution in [-0.4, -0.2) is 23.9 Å². The Hall–Kier alpha value is -5.07. The zero-order valence-electron chi connectivity index (χ0n) is 23.5. The second-order valence-corrected chi connectivity index (χ2v) is 12.0. The predicted molar refractivity (Wildman–Crippen MR) is 171 cm³/mol. The van der Waals surface area contributed by atoms with E-state index in [-0.39, 0.29) is 30.1 Å². The Morgan fingerprint density at radius 2 is 1.43 bits per heavy atom. The summed E-state index contributed by atoms with van der Waals surface area (Å²) in [4.78, 5) is 43.3. The number of hydrogen-bond donors (Lipinski definition) is 1. The number of nitrogens with zero attached hydrogens (tertiary/aromatic N) is 2. The minimum absolute atomic E-state index is 0.144. The third kappa shape index (κ3) is 3.67. The van der Waals surface area contributed by atoms with Crippen LogP contribution in [0.2, 0.25) is 5.02 Å². The Kier molecular flexibility index (Phi) is 6.03. The van der Waals surface area contributed by atoms with E-state index in [9.17, 15) is 14.4 Å². The summed E-state index contributed by atoms with van der Waals surface area (Å²) < 4.78 is 0. The van der Waals surface area contributed by atoms with Gasteiger partial charge in [0.05, 0.1) is 34.4 Å². The number of hydrogen-bond acceptors (Lipinski definition) is 4. The van der Waals surface area contributed by atoms with Gasteiger partial charge in [0.25, 0.3) is 0 Å². The van der Waals surface area contributed by atoms with Crippen LogP contribution in [0.15, 0.2) is 120 Å². The van der Waals surface area contributed by atoms with Crippen molar-refractivity contribution in [1.29, 1.82) is 0 Å². The molecular formula is C37H26ClN3O3. The van der Waals surface area contributed by atoms with Crippen LogP contribution in [0.25, 0.3) is 10.8 Å². The third-order valence-electron chi connectivity index (χ3n) is 9.47. The van der Waals surface area contributed by atoms with Crippen LogP contribution < -0.4 is 10.3 Å². The molecule has 2 atom stereocenters. The minimum atomic E-state index is -1.08. The number of carbonyl (C=O) groups is 3. The van der Waals surface area contributed by atoms with Crippen LogP contribution in [0.3, 0.4) is 0 Å². The smallest absolute Gasteiger partial charge is 0.244 e. The Labute approximate surface area is 259 Å². The number of fused-ring (bicyclic) bond motifs is 1. The molecule has 1 saturated heterocycles. The molecule has 9 rings (SSSR count). The summed E-state index contributed by atoms with van der Waals surface area (Å²) in [7, 11) is 0. The van der Waals surface area contributed by atoms with Gasteiger partial charge >= 0.3 is 0 Å². The van der Waals surface area contributed by atoms with E-state index < -0.39 is 17.3 Å². The first kappa shape index (κ1) is 26.5. The van der Waals surface area contributed by atoms with Crippen LogP contribution >= 0.6 is 11.6 Å². The van der Waals surface area contributed by atoms with Gasteiger partial charge in [-0.05, 0) is 50.7 Å². The number of hydrazone groups is 1. The number of rotatable bonds is 5. The van der Waals surface area contributed by atoms with Crippen molar-refractivity contribution in [2.24, 2.45) is 16.9 Å². The summed E-state index contributed by atoms with van der Waals surface area (Å²) in [6, 6.07) is 36.7. The maximum Gasteiger partial charge on any atom is 0.244 e. The molecule has 0 unspecified atom stereocenters. The highest BCUT2D eigenvalue weighted by atomic mass is 35.5. The molecule has 1 heterocycles. The molecule has 4 aliphatic rings. The number of carbonyl (C=O) groups excluding carboxylic acids is 3. The van der Waals surface area contributed by atoms with Gasteiger partial charge in [-0.1, -0.05) is 115 Å². The molecule has 1 N–H and O–H groups in total. The predicted octanol–water partition coefficient (Wildman–Crippen LogP) is 6.39. The summed E-state index contributed by atoms with van der Waals surface area (Å²) in [6.45, 7) is 0. The molecule has 1 aliphatic heterocycles. The number of benzene rings is 5. The van der Waals surface area contributed by atoms with Crippen LogP contribution in [0.5, 0.6) is 0 Å². The van der Waals surface area contributed by atoms with Crippen molar-refractivity contribution < 1.29 is 14.4 Å². The number of amides is 3. The number of nitrogens with one attached hydrogen (secondary N) is 1. The van der Waals surface area contributed by atoms with Crippen molar-refractivity contribution in [3.05, 3.63) is 148 Å². The molecule has 0 aromatic heterocycles. The van der Waals surface area contributed by atoms with Crippen molar-refractivity contribution in [1.82, 2.24) is 5.43 Å². The molecule has 5 aromatic carbocycles. The molecule has 44 heavy (non-hydrogen) atoms. The number of halogens is 1. The highest BCUT2D eigenvalue weighted by molar-refractivity contribution is 6.36. The molecule has 0 spiro atoms. The summed E-state index contributed by atoms with van der Waals surface area (Å²) in [6.07, 6.45) is 1.82. The largest absolute Gasteiger partial charge is 0.274 e. The van der Waals surface area contributed by atoms with Gasteiger partial charge in [0.1, 0.15) is 0 Å². The topological polar surface area (TPSA) is 78.8 Å². The first-order chi connectivity index (χ1) is 21.5. The van der Waals surface area contributed by atoms with Crippen molar-refractivity contribution in [2.45, 2.75) is 17.8 Å². The molecule has 5 aromatic rings. The average Bonchev–Trinajstić information content (AvgIpc) is 3.32. The van der Waals surface area contributed by atoms with E-state index in [0.717, 1.165) is 38.6 Å². The monoisotopic (exact) mass is 595 g/mol. The Balaban J connectivity index is 1.23. The van der Waals surface area contributed by atoms with Gasteiger partial charge in [-0.25, -0.2) is 10.3 Å². The lowest BCUT2D eigenvalue weighted by Gasteiger charge is -2.52. The number of para-hydroxylation sites is 1. The normalized spacial score (nSPS) is 23.1. The van der Waals surface area contributed by atoms with Crippen molar-refractivity contribution in [3.63, 3.8) is 0 Å². The molecule has 0 saturated carbocycles. The lowest BCUT2D eigenvalue weighted by molar-refractivity contribution is -0.123. The van der Waals surface area contributed by atoms with Gasteiger partial charge < -0.3 is 0 Å². The van der Waals surface area contributed by atoms with Crippen molar-refractivity contribution in [3.8, 4) is 0 Å². The van der Waals surface area contributed by atoms with Crippen LogP contribution in [0, 0.1) is 11.8 Å². The molecule has 3 aliphatic carbocycles. The maximum atomic E-state index is 14.5. The highest BCUT2D eigenvalue weighted by Gasteiger charge is 2.68. The second kappa shape index (κ2) is 10.00. The van der Waals surface area contributed by atoms with E-state index in [1.165, 1.54) is 4.90 Å². The number of anilines is 1. The third-order valence-corrected chi connectivity index (χ3v) is 9.79. The Morgan fingerprint density at radius 3 is 2.18 bits per heavy atom. The summed E-state index contributed by atoms with van der Waals surface area (Å²) in [5, 5.41) is 6.94. The molecule has 1 fully saturated rings. The fraction of sp³-hybridized carbons (Fsp3) is 0.135. The van der Waals surface area contributed by atoms with Crippen molar-refractivity contribution >= 4 is 52.0 Å². The van der Waals surface area contributed by atoms with Gasteiger partial charge in [-0.3, -0.25) is 14.4 Å². The molecule has 3 amide bonds. The SMILES string of the molecule is O=C(Cc1cccc2ccccc12)N/N=C\C12c3ccccc3C(c3ccccc31)[C@H]1C(=O)N(c3ccccc3Cl)C(=O)[C@@H]12. The molecule has 214 valence electrons. The minimum Gasteiger partial charge on any atom is -0.274 e. The van der Waals surface area contributed by atoms with Gasteiger partial charge in [-0.2, -0.15) is 5.10 Å². The fourth-order valence-corrected chi connectivity index (χ4v) is 8.01. The fourth-order valence-electron chi connectivity index (χ4n) is 7.79. The number of imide groups is 1. The van der Waals surface area contributed by atoms with Gasteiger partial charge in [0.15, 0.2) is 0 Å². The Morgan fingerprint density at radius 1 is 0.795 bits per heavy atom. The van der Waals surface area contributed by atoms with E-state index >= 15 is 0 Å². The summed E-state index contributed by atoms with van der Waals surface area (Å²) in [5.74, 6) is -2.59. The van der Waals surface area contributed by atoms with Gasteiger partial charge in [-0.15, -0.1) is 0 Å². The summed E-state index contributed by atoms with van der Waals surface area (Å²) >= 11 is 6.54. The quantitative estimate of drug-likeness (QED) is 0.145. The second-order valence-electron chi connectivity index (χ2n) is 11.6. The van der Waals surface area contributed by atoms with E-state index in [2.05, 4.69) is 10.5 Å². The zero-order valence-corrected chi connectivity index (χ0v) is 24.2. The molecule has 6 nitrogen and oxygen atoms in total. The first-order valence-electron chi connectivity index (χ1n) is 14.6. The molecule has 7 heteroatoms. The zero-order chi connectivity index (χ0) is 30.0. The lowest BCUT2D eigenvalue weighted by Crippen LogP contribution is -2.54. The average molecular weight is 596 g/mol. The Bertz CT molecular complexity index is 2000. The van der Waals surface area contributed by atoms with E-state index in [1.807, 2.05) is 91.0 Å². The van der Waals surface area contributed by atoms with E-state index in [4.69, 9.17) is 11.6 Å². The first-order valence-corrected chi connectivity index (χ1v) is 15.0. The molecule has 2 bridgehead atoms. The van der Waals surface area contributed by atoms with Gasteiger partial charge in [0, 0.05) is 12.1 Å². The molecular weight excluding hydrogens is 570 g/mol. The van der Waals surface area contributed by atoms with E-state index in [0.29, 0.717) is 10.7 Å². The van der Waals surface area contributed by atoms with Crippen molar-refractivity contribution in [2.75, 3.05) is 4.90 Å². The van der Waals surface area contributed by atoms with Crippen LogP contribution in [0.1, 0.15) is 33.7 Å². The maximum absolute atomic E-state index is 14.5. The van der Waals surface area contributed by atoms with E-state index in [1.54, 1.807) is 30.5 Å². The lowest BCUT2D eigenvalue weighted by atomic mass is 9.47. The highest BCUT2D eigenvalue weighted by Crippen LogP contribution is 2.63. The van der Waals surface area contributed by atoms with Crippen LogP contribution in [-0.2, 0) is 26.2 Å². The van der Waals surface area contributed by atoms with Crippen LogP contribution in [0.4, 0.5) is 5.69 Å².